The van der Waals surface area contributed by atoms with Crippen LogP contribution in [0, 0.1) is 0 Å². The van der Waals surface area contributed by atoms with Crippen LogP contribution in [0.4, 0.5) is 5.82 Å². The van der Waals surface area contributed by atoms with E-state index in [-0.39, 0.29) is 5.82 Å². The van der Waals surface area contributed by atoms with Gasteiger partial charge in [0, 0.05) is 10.9 Å². The number of anilines is 1. The van der Waals surface area contributed by atoms with Gasteiger partial charge in [0.1, 0.15) is 11.9 Å². The number of rotatable bonds is 6. The molecule has 0 amide bonds. The maximum Gasteiger partial charge on any atom is 0.326 e. The predicted molar refractivity (Wildman–Crippen MR) is 92.3 cm³/mol. The highest BCUT2D eigenvalue weighted by atomic mass is 16.4. The van der Waals surface area contributed by atoms with Gasteiger partial charge in [0.15, 0.2) is 5.82 Å². The molecule has 3 aromatic rings. The molecule has 0 spiro atoms. The number of carboxylic acid groups (broad SMARTS) is 2. The summed E-state index contributed by atoms with van der Waals surface area (Å²) >= 11 is 0. The number of hydrogen-bond donors (Lipinski definition) is 3. The second-order valence-corrected chi connectivity index (χ2v) is 5.41. The molecule has 3 rings (SSSR count). The van der Waals surface area contributed by atoms with Crippen LogP contribution in [-0.4, -0.2) is 38.2 Å². The zero-order valence-corrected chi connectivity index (χ0v) is 13.1. The van der Waals surface area contributed by atoms with Crippen molar-refractivity contribution in [1.82, 2.24) is 9.97 Å². The van der Waals surface area contributed by atoms with Gasteiger partial charge >= 0.3 is 11.9 Å². The summed E-state index contributed by atoms with van der Waals surface area (Å²) in [5, 5.41) is 21.5. The Kier molecular flexibility index (Phi) is 4.56. The molecule has 0 unspecified atom stereocenters. The SMILES string of the molecule is O=C(O)C[C@@H](Nc1nc(-c2ccccc2)nc2ccccc12)C(=O)O. The number of carboxylic acids is 2. The van der Waals surface area contributed by atoms with Crippen molar-refractivity contribution < 1.29 is 19.8 Å². The molecular weight excluding hydrogens is 322 g/mol. The zero-order chi connectivity index (χ0) is 17.8. The third-order valence-corrected chi connectivity index (χ3v) is 3.62. The van der Waals surface area contributed by atoms with Crippen LogP contribution in [0.15, 0.2) is 54.6 Å². The Morgan fingerprint density at radius 2 is 1.64 bits per heavy atom. The van der Waals surface area contributed by atoms with Gasteiger partial charge in [0.05, 0.1) is 11.9 Å². The lowest BCUT2D eigenvalue weighted by atomic mass is 10.1. The van der Waals surface area contributed by atoms with E-state index in [4.69, 9.17) is 5.11 Å². The van der Waals surface area contributed by atoms with E-state index in [2.05, 4.69) is 15.3 Å². The van der Waals surface area contributed by atoms with Crippen LogP contribution in [-0.2, 0) is 9.59 Å². The minimum absolute atomic E-state index is 0.290. The standard InChI is InChI=1S/C18H15N3O4/c22-15(23)10-14(18(24)25)20-17-12-8-4-5-9-13(12)19-16(21-17)11-6-2-1-3-7-11/h1-9,14H,10H2,(H,22,23)(H,24,25)(H,19,20,21)/t14-/m1/s1. The third kappa shape index (κ3) is 3.72. The van der Waals surface area contributed by atoms with Crippen LogP contribution >= 0.6 is 0 Å². The topological polar surface area (TPSA) is 112 Å². The van der Waals surface area contributed by atoms with Gasteiger partial charge in [-0.1, -0.05) is 42.5 Å². The first kappa shape index (κ1) is 16.4. The van der Waals surface area contributed by atoms with Crippen molar-refractivity contribution in [3.63, 3.8) is 0 Å². The highest BCUT2D eigenvalue weighted by Gasteiger charge is 2.22. The van der Waals surface area contributed by atoms with Gasteiger partial charge in [-0.15, -0.1) is 0 Å². The van der Waals surface area contributed by atoms with Gasteiger partial charge in [0.25, 0.3) is 0 Å². The van der Waals surface area contributed by atoms with Gasteiger partial charge in [-0.3, -0.25) is 4.79 Å². The van der Waals surface area contributed by atoms with Crippen molar-refractivity contribution in [2.24, 2.45) is 0 Å². The molecule has 1 heterocycles. The fourth-order valence-corrected chi connectivity index (χ4v) is 2.44. The molecule has 1 aromatic heterocycles. The van der Waals surface area contributed by atoms with E-state index in [0.717, 1.165) is 5.56 Å². The quantitative estimate of drug-likeness (QED) is 0.634. The number of nitrogens with zero attached hydrogens (tertiary/aromatic N) is 2. The summed E-state index contributed by atoms with van der Waals surface area (Å²) in [6.45, 7) is 0. The fraction of sp³-hybridized carbons (Fsp3) is 0.111. The minimum Gasteiger partial charge on any atom is -0.481 e. The summed E-state index contributed by atoms with van der Waals surface area (Å²) in [5.41, 5.74) is 1.42. The Balaban J connectivity index is 2.09. The lowest BCUT2D eigenvalue weighted by molar-refractivity contribution is -0.144. The number of para-hydroxylation sites is 1. The van der Waals surface area contributed by atoms with Crippen LogP contribution in [0.5, 0.6) is 0 Å². The first-order chi connectivity index (χ1) is 12.0. The maximum absolute atomic E-state index is 11.4. The zero-order valence-electron chi connectivity index (χ0n) is 13.1. The maximum atomic E-state index is 11.4. The highest BCUT2D eigenvalue weighted by molar-refractivity contribution is 5.93. The van der Waals surface area contributed by atoms with Crippen LogP contribution in [0.2, 0.25) is 0 Å². The van der Waals surface area contributed by atoms with Gasteiger partial charge in [0.2, 0.25) is 0 Å². The van der Waals surface area contributed by atoms with E-state index in [0.29, 0.717) is 16.7 Å². The molecule has 0 radical (unpaired) electrons. The van der Waals surface area contributed by atoms with Crippen LogP contribution in [0.1, 0.15) is 6.42 Å². The molecule has 3 N–H and O–H groups in total. The first-order valence-electron chi connectivity index (χ1n) is 7.58. The summed E-state index contributed by atoms with van der Waals surface area (Å²) in [6, 6.07) is 15.1. The molecule has 25 heavy (non-hydrogen) atoms. The summed E-state index contributed by atoms with van der Waals surface area (Å²) in [7, 11) is 0. The van der Waals surface area contributed by atoms with Crippen molar-refractivity contribution in [2.45, 2.75) is 12.5 Å². The number of benzene rings is 2. The largest absolute Gasteiger partial charge is 0.481 e. The van der Waals surface area contributed by atoms with Gasteiger partial charge in [-0.05, 0) is 12.1 Å². The predicted octanol–water partition coefficient (Wildman–Crippen LogP) is 2.64. The van der Waals surface area contributed by atoms with Crippen molar-refractivity contribution in [1.29, 1.82) is 0 Å². The molecule has 0 aliphatic carbocycles. The Labute approximate surface area is 143 Å². The van der Waals surface area contributed by atoms with Gasteiger partial charge < -0.3 is 15.5 Å². The molecule has 126 valence electrons. The monoisotopic (exact) mass is 337 g/mol. The van der Waals surface area contributed by atoms with E-state index in [9.17, 15) is 14.7 Å². The van der Waals surface area contributed by atoms with E-state index < -0.39 is 24.4 Å². The summed E-state index contributed by atoms with van der Waals surface area (Å²) < 4.78 is 0. The Morgan fingerprint density at radius 1 is 0.960 bits per heavy atom. The van der Waals surface area contributed by atoms with Crippen LogP contribution in [0.3, 0.4) is 0 Å². The van der Waals surface area contributed by atoms with Crippen molar-refractivity contribution in [3.8, 4) is 11.4 Å². The molecule has 7 nitrogen and oxygen atoms in total. The molecule has 7 heteroatoms. The Morgan fingerprint density at radius 3 is 2.32 bits per heavy atom. The normalized spacial score (nSPS) is 11.8. The second-order valence-electron chi connectivity index (χ2n) is 5.41. The summed E-state index contributed by atoms with van der Waals surface area (Å²) in [4.78, 5) is 31.2. The van der Waals surface area contributed by atoms with E-state index in [1.807, 2.05) is 36.4 Å². The van der Waals surface area contributed by atoms with E-state index in [1.54, 1.807) is 18.2 Å². The molecular formula is C18H15N3O4. The minimum atomic E-state index is -1.29. The van der Waals surface area contributed by atoms with Crippen molar-refractivity contribution in [2.75, 3.05) is 5.32 Å². The number of aliphatic carboxylic acids is 2. The molecule has 0 aliphatic rings. The first-order valence-corrected chi connectivity index (χ1v) is 7.58. The smallest absolute Gasteiger partial charge is 0.326 e. The number of hydrogen-bond acceptors (Lipinski definition) is 5. The van der Waals surface area contributed by atoms with Crippen LogP contribution in [0.25, 0.3) is 22.3 Å². The van der Waals surface area contributed by atoms with E-state index >= 15 is 0 Å². The fourth-order valence-electron chi connectivity index (χ4n) is 2.44. The average Bonchev–Trinajstić information content (AvgIpc) is 2.61. The second kappa shape index (κ2) is 6.96. The van der Waals surface area contributed by atoms with Gasteiger partial charge in [-0.25, -0.2) is 14.8 Å². The lowest BCUT2D eigenvalue weighted by Crippen LogP contribution is -2.32. The molecule has 0 bridgehead atoms. The summed E-state index contributed by atoms with van der Waals surface area (Å²) in [6.07, 6.45) is -0.561. The molecule has 1 atom stereocenters. The van der Waals surface area contributed by atoms with Crippen molar-refractivity contribution in [3.05, 3.63) is 54.6 Å². The highest BCUT2D eigenvalue weighted by Crippen LogP contribution is 2.25. The average molecular weight is 337 g/mol. The third-order valence-electron chi connectivity index (χ3n) is 3.62. The molecule has 2 aromatic carbocycles. The van der Waals surface area contributed by atoms with Crippen LogP contribution < -0.4 is 5.32 Å². The lowest BCUT2D eigenvalue weighted by Gasteiger charge is -2.15. The molecule has 0 aliphatic heterocycles. The number of carbonyl (C=O) groups is 2. The molecule has 0 saturated heterocycles. The Bertz CT molecular complexity index is 928. The van der Waals surface area contributed by atoms with Crippen molar-refractivity contribution >= 4 is 28.7 Å². The number of aromatic nitrogens is 2. The van der Waals surface area contributed by atoms with Gasteiger partial charge in [-0.2, -0.15) is 0 Å². The van der Waals surface area contributed by atoms with E-state index in [1.165, 1.54) is 0 Å². The summed E-state index contributed by atoms with van der Waals surface area (Å²) in [5.74, 6) is -1.74. The number of fused-ring (bicyclic) bond motifs is 1. The molecule has 0 saturated carbocycles. The Hall–Kier alpha value is -3.48. The number of nitrogens with one attached hydrogen (secondary N) is 1. The molecule has 0 fully saturated rings.